The third-order valence-electron chi connectivity index (χ3n) is 2.82. The standard InChI is InChI=1S/C15H18FN3O/c1-10(2)20-14-6-4-3-5-13(14)15(19-17)11-7-12(16)9-18-8-11/h3-10,15,19H,17H2,1-2H3. The summed E-state index contributed by atoms with van der Waals surface area (Å²) in [5, 5.41) is 0. The molecule has 0 saturated carbocycles. The molecule has 3 N–H and O–H groups in total. The van der Waals surface area contributed by atoms with Gasteiger partial charge in [0.25, 0.3) is 0 Å². The van der Waals surface area contributed by atoms with Gasteiger partial charge in [-0.2, -0.15) is 0 Å². The number of halogens is 1. The molecule has 0 aliphatic heterocycles. The van der Waals surface area contributed by atoms with Crippen LogP contribution >= 0.6 is 0 Å². The fraction of sp³-hybridized carbons (Fsp3) is 0.267. The third kappa shape index (κ3) is 3.31. The smallest absolute Gasteiger partial charge is 0.141 e. The topological polar surface area (TPSA) is 60.2 Å². The number of ether oxygens (including phenoxy) is 1. The molecular formula is C15H18FN3O. The lowest BCUT2D eigenvalue weighted by Gasteiger charge is -2.21. The second-order valence-corrected chi connectivity index (χ2v) is 4.74. The van der Waals surface area contributed by atoms with Crippen LogP contribution in [0.3, 0.4) is 0 Å². The fourth-order valence-electron chi connectivity index (χ4n) is 2.03. The average molecular weight is 275 g/mol. The Balaban J connectivity index is 2.41. The van der Waals surface area contributed by atoms with Crippen molar-refractivity contribution in [2.75, 3.05) is 0 Å². The van der Waals surface area contributed by atoms with E-state index in [4.69, 9.17) is 10.6 Å². The number of rotatable bonds is 5. The lowest BCUT2D eigenvalue weighted by Crippen LogP contribution is -2.29. The first-order valence-corrected chi connectivity index (χ1v) is 6.44. The van der Waals surface area contributed by atoms with Crippen molar-refractivity contribution in [2.24, 2.45) is 5.84 Å². The van der Waals surface area contributed by atoms with Crippen molar-refractivity contribution in [3.05, 3.63) is 59.7 Å². The molecule has 20 heavy (non-hydrogen) atoms. The maximum atomic E-state index is 13.3. The predicted octanol–water partition coefficient (Wildman–Crippen LogP) is 2.56. The summed E-state index contributed by atoms with van der Waals surface area (Å²) < 4.78 is 19.1. The maximum Gasteiger partial charge on any atom is 0.141 e. The largest absolute Gasteiger partial charge is 0.491 e. The van der Waals surface area contributed by atoms with Crippen molar-refractivity contribution >= 4 is 0 Å². The van der Waals surface area contributed by atoms with Crippen LogP contribution in [0.5, 0.6) is 5.75 Å². The highest BCUT2D eigenvalue weighted by Gasteiger charge is 2.18. The normalized spacial score (nSPS) is 12.4. The van der Waals surface area contributed by atoms with E-state index in [0.29, 0.717) is 5.56 Å². The van der Waals surface area contributed by atoms with Crippen LogP contribution in [0.2, 0.25) is 0 Å². The van der Waals surface area contributed by atoms with E-state index in [1.54, 1.807) is 6.20 Å². The molecule has 2 aromatic rings. The Bertz CT molecular complexity index is 575. The number of hydrogen-bond donors (Lipinski definition) is 2. The SMILES string of the molecule is CC(C)Oc1ccccc1C(NN)c1cncc(F)c1. The molecule has 2 rings (SSSR count). The van der Waals surface area contributed by atoms with Crippen molar-refractivity contribution in [3.63, 3.8) is 0 Å². The van der Waals surface area contributed by atoms with Gasteiger partial charge in [-0.25, -0.2) is 9.82 Å². The number of para-hydroxylation sites is 1. The van der Waals surface area contributed by atoms with Crippen molar-refractivity contribution < 1.29 is 9.13 Å². The molecule has 5 heteroatoms. The first-order valence-electron chi connectivity index (χ1n) is 6.44. The summed E-state index contributed by atoms with van der Waals surface area (Å²) in [6.07, 6.45) is 2.79. The number of nitrogens with zero attached hydrogens (tertiary/aromatic N) is 1. The van der Waals surface area contributed by atoms with Crippen molar-refractivity contribution in [1.82, 2.24) is 10.4 Å². The molecule has 1 unspecified atom stereocenters. The van der Waals surface area contributed by atoms with Crippen molar-refractivity contribution in [1.29, 1.82) is 0 Å². The Morgan fingerprint density at radius 2 is 2.00 bits per heavy atom. The van der Waals surface area contributed by atoms with E-state index in [2.05, 4.69) is 10.4 Å². The van der Waals surface area contributed by atoms with Gasteiger partial charge in [0.1, 0.15) is 11.6 Å². The highest BCUT2D eigenvalue weighted by molar-refractivity contribution is 5.41. The molecule has 1 aromatic carbocycles. The van der Waals surface area contributed by atoms with Crippen LogP contribution in [0.15, 0.2) is 42.7 Å². The van der Waals surface area contributed by atoms with E-state index < -0.39 is 5.82 Å². The van der Waals surface area contributed by atoms with Gasteiger partial charge in [0.15, 0.2) is 0 Å². The molecule has 0 aliphatic rings. The Kier molecular flexibility index (Phi) is 4.65. The number of aromatic nitrogens is 1. The predicted molar refractivity (Wildman–Crippen MR) is 75.6 cm³/mol. The molecule has 1 aromatic heterocycles. The van der Waals surface area contributed by atoms with Gasteiger partial charge in [-0.3, -0.25) is 10.8 Å². The van der Waals surface area contributed by atoms with E-state index in [0.717, 1.165) is 17.5 Å². The third-order valence-corrected chi connectivity index (χ3v) is 2.82. The molecule has 0 fully saturated rings. The van der Waals surface area contributed by atoms with E-state index in [9.17, 15) is 4.39 Å². The molecule has 0 aliphatic carbocycles. The molecule has 0 spiro atoms. The fourth-order valence-corrected chi connectivity index (χ4v) is 2.03. The van der Waals surface area contributed by atoms with E-state index in [1.807, 2.05) is 38.1 Å². The Morgan fingerprint density at radius 3 is 2.65 bits per heavy atom. The van der Waals surface area contributed by atoms with Gasteiger partial charge in [0, 0.05) is 11.8 Å². The monoisotopic (exact) mass is 275 g/mol. The van der Waals surface area contributed by atoms with Crippen molar-refractivity contribution in [3.8, 4) is 5.75 Å². The minimum Gasteiger partial charge on any atom is -0.491 e. The van der Waals surface area contributed by atoms with Gasteiger partial charge in [-0.15, -0.1) is 0 Å². The molecule has 1 atom stereocenters. The highest BCUT2D eigenvalue weighted by atomic mass is 19.1. The van der Waals surface area contributed by atoms with E-state index in [-0.39, 0.29) is 12.1 Å². The highest BCUT2D eigenvalue weighted by Crippen LogP contribution is 2.30. The minimum absolute atomic E-state index is 0.0419. The number of nitrogens with two attached hydrogens (primary N) is 1. The second kappa shape index (κ2) is 6.45. The van der Waals surface area contributed by atoms with Crippen LogP contribution in [-0.4, -0.2) is 11.1 Å². The molecule has 1 heterocycles. The summed E-state index contributed by atoms with van der Waals surface area (Å²) in [5.41, 5.74) is 4.18. The van der Waals surface area contributed by atoms with Crippen LogP contribution in [0, 0.1) is 5.82 Å². The molecule has 0 bridgehead atoms. The molecule has 0 radical (unpaired) electrons. The lowest BCUT2D eigenvalue weighted by atomic mass is 10.00. The molecular weight excluding hydrogens is 257 g/mol. The molecule has 0 amide bonds. The first-order chi connectivity index (χ1) is 9.61. The number of hydrogen-bond acceptors (Lipinski definition) is 4. The summed E-state index contributed by atoms with van der Waals surface area (Å²) in [6, 6.07) is 8.56. The number of benzene rings is 1. The zero-order chi connectivity index (χ0) is 14.5. The summed E-state index contributed by atoms with van der Waals surface area (Å²) in [5.74, 6) is 5.95. The summed E-state index contributed by atoms with van der Waals surface area (Å²) >= 11 is 0. The number of hydrazine groups is 1. The second-order valence-electron chi connectivity index (χ2n) is 4.74. The van der Waals surface area contributed by atoms with Gasteiger partial charge >= 0.3 is 0 Å². The lowest BCUT2D eigenvalue weighted by molar-refractivity contribution is 0.238. The first kappa shape index (κ1) is 14.4. The van der Waals surface area contributed by atoms with E-state index in [1.165, 1.54) is 6.07 Å². The molecule has 4 nitrogen and oxygen atoms in total. The van der Waals surface area contributed by atoms with Crippen LogP contribution in [0.1, 0.15) is 31.0 Å². The van der Waals surface area contributed by atoms with Crippen molar-refractivity contribution in [2.45, 2.75) is 26.0 Å². The van der Waals surface area contributed by atoms with Gasteiger partial charge in [0.2, 0.25) is 0 Å². The van der Waals surface area contributed by atoms with Crippen LogP contribution in [0.4, 0.5) is 4.39 Å². The minimum atomic E-state index is -0.398. The number of pyridine rings is 1. The van der Waals surface area contributed by atoms with E-state index >= 15 is 0 Å². The summed E-state index contributed by atoms with van der Waals surface area (Å²) in [7, 11) is 0. The number of nitrogens with one attached hydrogen (secondary N) is 1. The summed E-state index contributed by atoms with van der Waals surface area (Å²) in [6.45, 7) is 3.90. The summed E-state index contributed by atoms with van der Waals surface area (Å²) in [4.78, 5) is 3.86. The van der Waals surface area contributed by atoms with Gasteiger partial charge in [-0.1, -0.05) is 18.2 Å². The molecule has 106 valence electrons. The van der Waals surface area contributed by atoms with Gasteiger partial charge in [0.05, 0.1) is 18.3 Å². The van der Waals surface area contributed by atoms with Crippen LogP contribution in [-0.2, 0) is 0 Å². The Morgan fingerprint density at radius 1 is 1.25 bits per heavy atom. The zero-order valence-electron chi connectivity index (χ0n) is 11.5. The van der Waals surface area contributed by atoms with Crippen LogP contribution < -0.4 is 16.0 Å². The van der Waals surface area contributed by atoms with Crippen LogP contribution in [0.25, 0.3) is 0 Å². The zero-order valence-corrected chi connectivity index (χ0v) is 11.5. The Labute approximate surface area is 117 Å². The average Bonchev–Trinajstić information content (AvgIpc) is 2.41. The quantitative estimate of drug-likeness (QED) is 0.650. The molecule has 0 saturated heterocycles. The maximum absolute atomic E-state index is 13.3. The Hall–Kier alpha value is -1.98. The van der Waals surface area contributed by atoms with Gasteiger partial charge < -0.3 is 4.74 Å². The van der Waals surface area contributed by atoms with Gasteiger partial charge in [-0.05, 0) is 31.5 Å².